The third-order valence-corrected chi connectivity index (χ3v) is 4.83. The fourth-order valence-corrected chi connectivity index (χ4v) is 3.45. The normalized spacial score (nSPS) is 15.0. The van der Waals surface area contributed by atoms with Gasteiger partial charge in [-0.2, -0.15) is 4.98 Å². The smallest absolute Gasteiger partial charge is 0.261 e. The molecule has 3 aromatic rings. The van der Waals surface area contributed by atoms with Crippen LogP contribution in [-0.4, -0.2) is 41.4 Å². The molecule has 27 heavy (non-hydrogen) atoms. The molecule has 2 aromatic heterocycles. The van der Waals surface area contributed by atoms with Crippen LogP contribution in [0.4, 0.5) is 11.5 Å². The first-order chi connectivity index (χ1) is 13.2. The van der Waals surface area contributed by atoms with E-state index in [1.54, 1.807) is 13.3 Å². The van der Waals surface area contributed by atoms with Crippen LogP contribution in [0.2, 0.25) is 0 Å². The van der Waals surface area contributed by atoms with Gasteiger partial charge in [0.05, 0.1) is 18.4 Å². The minimum absolute atomic E-state index is 0.341. The minimum atomic E-state index is 0.341. The Balaban J connectivity index is 1.44. The molecule has 7 nitrogen and oxygen atoms in total. The molecule has 0 aliphatic carbocycles. The van der Waals surface area contributed by atoms with Crippen molar-refractivity contribution in [2.45, 2.75) is 25.8 Å². The molecular weight excluding hydrogens is 342 g/mol. The van der Waals surface area contributed by atoms with Crippen molar-refractivity contribution in [1.29, 1.82) is 0 Å². The summed E-state index contributed by atoms with van der Waals surface area (Å²) in [6.45, 7) is 3.73. The molecule has 1 aliphatic heterocycles. The fraction of sp³-hybridized carbons (Fsp3) is 0.350. The minimum Gasteiger partial charge on any atom is -0.495 e. The summed E-state index contributed by atoms with van der Waals surface area (Å²) < 4.78 is 10.8. The Bertz CT molecular complexity index is 903. The summed E-state index contributed by atoms with van der Waals surface area (Å²) >= 11 is 0. The summed E-state index contributed by atoms with van der Waals surface area (Å²) in [5.74, 6) is 2.82. The first-order valence-corrected chi connectivity index (χ1v) is 9.15. The molecule has 140 valence electrons. The third kappa shape index (κ3) is 3.72. The predicted molar refractivity (Wildman–Crippen MR) is 104 cm³/mol. The van der Waals surface area contributed by atoms with Crippen LogP contribution in [0.25, 0.3) is 11.5 Å². The van der Waals surface area contributed by atoms with E-state index in [9.17, 15) is 0 Å². The van der Waals surface area contributed by atoms with E-state index in [1.807, 2.05) is 31.2 Å². The van der Waals surface area contributed by atoms with E-state index in [0.717, 1.165) is 48.7 Å². The summed E-state index contributed by atoms with van der Waals surface area (Å²) in [6.07, 6.45) is 3.80. The van der Waals surface area contributed by atoms with Gasteiger partial charge in [-0.3, -0.25) is 0 Å². The quantitative estimate of drug-likeness (QED) is 0.741. The number of hydrogen-bond acceptors (Lipinski definition) is 7. The lowest BCUT2D eigenvalue weighted by atomic mass is 10.0. The molecule has 0 radical (unpaired) electrons. The monoisotopic (exact) mass is 365 g/mol. The molecule has 1 saturated heterocycles. The molecule has 0 atom stereocenters. The zero-order valence-electron chi connectivity index (χ0n) is 15.6. The van der Waals surface area contributed by atoms with E-state index in [1.165, 1.54) is 0 Å². The topological polar surface area (TPSA) is 76.3 Å². The standard InChI is InChI=1S/C20H23N5O2/c1-14-22-20(27-24-14)16-6-5-11-21-19(16)23-15-9-12-25(13-10-15)17-7-3-4-8-18(17)26-2/h3-8,11,15H,9-10,12-13H2,1-2H3,(H,21,23). The number of ether oxygens (including phenoxy) is 1. The van der Waals surface area contributed by atoms with Gasteiger partial charge >= 0.3 is 0 Å². The molecule has 1 aromatic carbocycles. The maximum Gasteiger partial charge on any atom is 0.261 e. The maximum absolute atomic E-state index is 5.50. The van der Waals surface area contributed by atoms with Gasteiger partial charge in [0.25, 0.3) is 5.89 Å². The Labute approximate surface area is 158 Å². The number of anilines is 2. The highest BCUT2D eigenvalue weighted by Gasteiger charge is 2.23. The fourth-order valence-electron chi connectivity index (χ4n) is 3.45. The van der Waals surface area contributed by atoms with E-state index in [-0.39, 0.29) is 0 Å². The molecule has 0 saturated carbocycles. The molecule has 7 heteroatoms. The SMILES string of the molecule is COc1ccccc1N1CCC(Nc2ncccc2-c2nc(C)no2)CC1. The summed E-state index contributed by atoms with van der Waals surface area (Å²) in [5.41, 5.74) is 1.99. The zero-order valence-corrected chi connectivity index (χ0v) is 15.6. The number of benzene rings is 1. The van der Waals surface area contributed by atoms with Crippen molar-refractivity contribution < 1.29 is 9.26 Å². The molecule has 0 amide bonds. The third-order valence-electron chi connectivity index (χ3n) is 4.83. The van der Waals surface area contributed by atoms with Crippen LogP contribution in [-0.2, 0) is 0 Å². The molecule has 1 aliphatic rings. The largest absolute Gasteiger partial charge is 0.495 e. The van der Waals surface area contributed by atoms with Gasteiger partial charge in [-0.15, -0.1) is 0 Å². The lowest BCUT2D eigenvalue weighted by Crippen LogP contribution is -2.39. The number of piperidine rings is 1. The molecule has 0 unspecified atom stereocenters. The van der Waals surface area contributed by atoms with Crippen molar-refractivity contribution in [3.05, 3.63) is 48.4 Å². The van der Waals surface area contributed by atoms with Crippen LogP contribution in [0.15, 0.2) is 47.1 Å². The molecule has 0 bridgehead atoms. The Morgan fingerprint density at radius 1 is 1.15 bits per heavy atom. The van der Waals surface area contributed by atoms with Gasteiger partial charge in [-0.05, 0) is 44.0 Å². The average Bonchev–Trinajstić information content (AvgIpc) is 3.15. The summed E-state index contributed by atoms with van der Waals surface area (Å²) in [6, 6.07) is 12.3. The molecular formula is C20H23N5O2. The van der Waals surface area contributed by atoms with Crippen molar-refractivity contribution in [2.24, 2.45) is 0 Å². The molecule has 1 fully saturated rings. The van der Waals surface area contributed by atoms with E-state index < -0.39 is 0 Å². The number of nitrogens with one attached hydrogen (secondary N) is 1. The number of methoxy groups -OCH3 is 1. The van der Waals surface area contributed by atoms with Gasteiger partial charge < -0.3 is 19.5 Å². The number of hydrogen-bond donors (Lipinski definition) is 1. The molecule has 1 N–H and O–H groups in total. The number of aryl methyl sites for hydroxylation is 1. The van der Waals surface area contributed by atoms with Crippen LogP contribution in [0, 0.1) is 6.92 Å². The second-order valence-corrected chi connectivity index (χ2v) is 6.62. The Morgan fingerprint density at radius 3 is 2.70 bits per heavy atom. The van der Waals surface area contributed by atoms with Gasteiger partial charge in [0, 0.05) is 25.3 Å². The summed E-state index contributed by atoms with van der Waals surface area (Å²) in [5, 5.41) is 7.44. The van der Waals surface area contributed by atoms with Gasteiger partial charge in [0.15, 0.2) is 5.82 Å². The number of para-hydroxylation sites is 2. The van der Waals surface area contributed by atoms with Crippen molar-refractivity contribution in [3.63, 3.8) is 0 Å². The highest BCUT2D eigenvalue weighted by atomic mass is 16.5. The van der Waals surface area contributed by atoms with Crippen LogP contribution in [0.5, 0.6) is 5.75 Å². The van der Waals surface area contributed by atoms with E-state index in [0.29, 0.717) is 17.8 Å². The van der Waals surface area contributed by atoms with Crippen molar-refractivity contribution >= 4 is 11.5 Å². The Kier molecular flexibility index (Phi) is 4.91. The number of nitrogens with zero attached hydrogens (tertiary/aromatic N) is 4. The zero-order chi connectivity index (χ0) is 18.6. The first-order valence-electron chi connectivity index (χ1n) is 9.15. The lowest BCUT2D eigenvalue weighted by molar-refractivity contribution is 0.411. The number of aromatic nitrogens is 3. The Hall–Kier alpha value is -3.09. The van der Waals surface area contributed by atoms with Gasteiger partial charge in [0.1, 0.15) is 11.6 Å². The first kappa shape index (κ1) is 17.3. The number of rotatable bonds is 5. The summed E-state index contributed by atoms with van der Waals surface area (Å²) in [4.78, 5) is 11.2. The van der Waals surface area contributed by atoms with Crippen molar-refractivity contribution in [3.8, 4) is 17.2 Å². The van der Waals surface area contributed by atoms with Crippen LogP contribution in [0.3, 0.4) is 0 Å². The summed E-state index contributed by atoms with van der Waals surface area (Å²) in [7, 11) is 1.72. The van der Waals surface area contributed by atoms with E-state index >= 15 is 0 Å². The van der Waals surface area contributed by atoms with Gasteiger partial charge in [-0.25, -0.2) is 4.98 Å². The van der Waals surface area contributed by atoms with Crippen LogP contribution < -0.4 is 15.0 Å². The predicted octanol–water partition coefficient (Wildman–Crippen LogP) is 3.53. The van der Waals surface area contributed by atoms with Crippen molar-refractivity contribution in [2.75, 3.05) is 30.4 Å². The molecule has 3 heterocycles. The van der Waals surface area contributed by atoms with Crippen LogP contribution in [0.1, 0.15) is 18.7 Å². The maximum atomic E-state index is 5.50. The Morgan fingerprint density at radius 2 is 1.96 bits per heavy atom. The van der Waals surface area contributed by atoms with E-state index in [4.69, 9.17) is 9.26 Å². The molecule has 0 spiro atoms. The highest BCUT2D eigenvalue weighted by Crippen LogP contribution is 2.31. The average molecular weight is 365 g/mol. The highest BCUT2D eigenvalue weighted by molar-refractivity contribution is 5.69. The van der Waals surface area contributed by atoms with Crippen molar-refractivity contribution in [1.82, 2.24) is 15.1 Å². The number of pyridine rings is 1. The van der Waals surface area contributed by atoms with Gasteiger partial charge in [0.2, 0.25) is 0 Å². The second kappa shape index (κ2) is 7.65. The second-order valence-electron chi connectivity index (χ2n) is 6.62. The lowest BCUT2D eigenvalue weighted by Gasteiger charge is -2.35. The van der Waals surface area contributed by atoms with Gasteiger partial charge in [-0.1, -0.05) is 17.3 Å². The molecule has 4 rings (SSSR count). The van der Waals surface area contributed by atoms with Crippen LogP contribution >= 0.6 is 0 Å². The van der Waals surface area contributed by atoms with E-state index in [2.05, 4.69) is 37.5 Å².